The lowest BCUT2D eigenvalue weighted by Crippen LogP contribution is -2.51. The maximum Gasteiger partial charge on any atom is 0.320 e. The Morgan fingerprint density at radius 1 is 1.07 bits per heavy atom. The van der Waals surface area contributed by atoms with E-state index in [1.165, 1.54) is 24.3 Å². The molecule has 2 fully saturated rings. The number of morpholine rings is 1. The first-order valence-corrected chi connectivity index (χ1v) is 14.5. The van der Waals surface area contributed by atoms with Crippen molar-refractivity contribution in [1.29, 1.82) is 0 Å². The smallest absolute Gasteiger partial charge is 0.320 e. The molecular formula is C31H43FN4O4. The molecule has 2 aromatic rings. The van der Waals surface area contributed by atoms with Crippen LogP contribution in [0.2, 0.25) is 0 Å². The highest BCUT2D eigenvalue weighted by Gasteiger charge is 2.29. The van der Waals surface area contributed by atoms with Gasteiger partial charge in [-0.3, -0.25) is 4.79 Å². The average molecular weight is 555 g/mol. The van der Waals surface area contributed by atoms with E-state index in [-0.39, 0.29) is 17.8 Å². The van der Waals surface area contributed by atoms with Crippen LogP contribution in [0.5, 0.6) is 5.75 Å². The number of hydrogen-bond acceptors (Lipinski definition) is 5. The van der Waals surface area contributed by atoms with Gasteiger partial charge < -0.3 is 29.5 Å². The van der Waals surface area contributed by atoms with Gasteiger partial charge in [-0.1, -0.05) is 13.0 Å². The third kappa shape index (κ3) is 7.95. The Hall–Kier alpha value is -3.17. The molecule has 9 heteroatoms. The summed E-state index contributed by atoms with van der Waals surface area (Å²) in [4.78, 5) is 32.1. The molecule has 2 aliphatic heterocycles. The maximum atomic E-state index is 13.3. The van der Waals surface area contributed by atoms with Gasteiger partial charge in [0.15, 0.2) is 0 Å². The average Bonchev–Trinajstić information content (AvgIpc) is 2.98. The Bertz CT molecular complexity index is 1110. The molecule has 8 nitrogen and oxygen atoms in total. The fraction of sp³-hybridized carbons (Fsp3) is 0.548. The van der Waals surface area contributed by atoms with Gasteiger partial charge in [-0.05, 0) is 87.0 Å². The molecule has 0 aromatic heterocycles. The van der Waals surface area contributed by atoms with Gasteiger partial charge in [0, 0.05) is 44.3 Å². The molecule has 4 rings (SSSR count). The lowest BCUT2D eigenvalue weighted by molar-refractivity contribution is 0.0386. The summed E-state index contributed by atoms with van der Waals surface area (Å²) in [6, 6.07) is 11.8. The molecule has 2 aromatic carbocycles. The van der Waals surface area contributed by atoms with E-state index in [0.29, 0.717) is 55.3 Å². The van der Waals surface area contributed by atoms with Gasteiger partial charge in [-0.15, -0.1) is 0 Å². The minimum Gasteiger partial charge on any atom is -0.495 e. The predicted molar refractivity (Wildman–Crippen MR) is 154 cm³/mol. The Kier molecular flexibility index (Phi) is 10.8. The second-order valence-electron chi connectivity index (χ2n) is 10.9. The van der Waals surface area contributed by atoms with Crippen molar-refractivity contribution in [2.45, 2.75) is 45.6 Å². The van der Waals surface area contributed by atoms with Gasteiger partial charge in [-0.25, -0.2) is 9.18 Å². The summed E-state index contributed by atoms with van der Waals surface area (Å²) in [7, 11) is 1.58. The van der Waals surface area contributed by atoms with Crippen molar-refractivity contribution < 1.29 is 23.5 Å². The molecule has 2 aliphatic rings. The molecule has 1 unspecified atom stereocenters. The number of halogens is 1. The number of piperidine rings is 1. The number of urea groups is 1. The van der Waals surface area contributed by atoms with Crippen LogP contribution in [0.25, 0.3) is 0 Å². The number of hydrogen-bond donors (Lipinski definition) is 1. The van der Waals surface area contributed by atoms with Crippen molar-refractivity contribution in [2.24, 2.45) is 5.92 Å². The number of ether oxygens (including phenoxy) is 2. The number of carbonyl (C=O) groups excluding carboxylic acids is 2. The van der Waals surface area contributed by atoms with Gasteiger partial charge in [0.25, 0.3) is 5.91 Å². The Morgan fingerprint density at radius 2 is 1.75 bits per heavy atom. The number of nitrogens with zero attached hydrogens (tertiary/aromatic N) is 3. The summed E-state index contributed by atoms with van der Waals surface area (Å²) in [6.45, 7) is 10.7. The van der Waals surface area contributed by atoms with Crippen LogP contribution < -0.4 is 10.1 Å². The van der Waals surface area contributed by atoms with E-state index in [4.69, 9.17) is 9.47 Å². The number of carbonyl (C=O) groups is 2. The van der Waals surface area contributed by atoms with Crippen molar-refractivity contribution in [3.05, 3.63) is 59.4 Å². The van der Waals surface area contributed by atoms with Crippen LogP contribution in [0.4, 0.5) is 14.9 Å². The van der Waals surface area contributed by atoms with Crippen LogP contribution in [0, 0.1) is 11.7 Å². The molecule has 0 spiro atoms. The molecule has 1 atom stereocenters. The van der Waals surface area contributed by atoms with E-state index in [9.17, 15) is 14.0 Å². The number of rotatable bonds is 10. The minimum absolute atomic E-state index is 0.155. The van der Waals surface area contributed by atoms with Crippen LogP contribution in [0.3, 0.4) is 0 Å². The zero-order chi connectivity index (χ0) is 28.5. The highest BCUT2D eigenvalue weighted by Crippen LogP contribution is 2.28. The van der Waals surface area contributed by atoms with Gasteiger partial charge >= 0.3 is 6.03 Å². The normalized spacial score (nSPS) is 17.1. The third-order valence-electron chi connectivity index (χ3n) is 7.94. The summed E-state index contributed by atoms with van der Waals surface area (Å²) in [5, 5.41) is 2.93. The summed E-state index contributed by atoms with van der Waals surface area (Å²) in [6.07, 6.45) is 3.94. The standard InChI is InChI=1S/C31H43FN4O4/c1-4-13-36(22-24-11-14-34(15-12-24)31(38)35-16-18-40-19-17-35)23(2)20-25-5-10-29(39-3)28(21-25)33-30(37)26-6-8-27(32)9-7-26/h5-10,21,23-24H,4,11-20,22H2,1-3H3,(H,33,37). The van der Waals surface area contributed by atoms with Gasteiger partial charge in [0.05, 0.1) is 26.0 Å². The van der Waals surface area contributed by atoms with Crippen LogP contribution in [-0.2, 0) is 11.2 Å². The predicted octanol–water partition coefficient (Wildman–Crippen LogP) is 4.89. The number of methoxy groups -OCH3 is 1. The zero-order valence-electron chi connectivity index (χ0n) is 24.0. The Balaban J connectivity index is 1.34. The van der Waals surface area contributed by atoms with Crippen LogP contribution >= 0.6 is 0 Å². The molecule has 1 N–H and O–H groups in total. The molecule has 3 amide bonds. The first-order chi connectivity index (χ1) is 19.4. The fourth-order valence-electron chi connectivity index (χ4n) is 5.62. The van der Waals surface area contributed by atoms with E-state index in [1.807, 2.05) is 28.0 Å². The molecule has 2 heterocycles. The largest absolute Gasteiger partial charge is 0.495 e. The minimum atomic E-state index is -0.381. The summed E-state index contributed by atoms with van der Waals surface area (Å²) in [5.41, 5.74) is 2.09. The number of amides is 3. The molecule has 218 valence electrons. The van der Waals surface area contributed by atoms with E-state index in [1.54, 1.807) is 7.11 Å². The van der Waals surface area contributed by atoms with Crippen molar-refractivity contribution in [3.63, 3.8) is 0 Å². The first-order valence-electron chi connectivity index (χ1n) is 14.5. The first kappa shape index (κ1) is 29.8. The van der Waals surface area contributed by atoms with Gasteiger partial charge in [0.1, 0.15) is 11.6 Å². The number of anilines is 1. The van der Waals surface area contributed by atoms with E-state index in [0.717, 1.165) is 57.4 Å². The number of nitrogens with one attached hydrogen (secondary N) is 1. The van der Waals surface area contributed by atoms with Crippen molar-refractivity contribution >= 4 is 17.6 Å². The molecule has 2 saturated heterocycles. The van der Waals surface area contributed by atoms with Crippen molar-refractivity contribution in [2.75, 3.05) is 64.9 Å². The van der Waals surface area contributed by atoms with E-state index < -0.39 is 0 Å². The number of benzene rings is 2. The zero-order valence-corrected chi connectivity index (χ0v) is 24.0. The fourth-order valence-corrected chi connectivity index (χ4v) is 5.62. The van der Waals surface area contributed by atoms with Gasteiger partial charge in [0.2, 0.25) is 0 Å². The van der Waals surface area contributed by atoms with E-state index in [2.05, 4.69) is 24.1 Å². The summed E-state index contributed by atoms with van der Waals surface area (Å²) < 4.78 is 24.2. The molecular weight excluding hydrogens is 511 g/mol. The molecule has 0 saturated carbocycles. The molecule has 0 radical (unpaired) electrons. The summed E-state index contributed by atoms with van der Waals surface area (Å²) in [5.74, 6) is 0.447. The highest BCUT2D eigenvalue weighted by atomic mass is 19.1. The lowest BCUT2D eigenvalue weighted by atomic mass is 9.95. The van der Waals surface area contributed by atoms with E-state index >= 15 is 0 Å². The van der Waals surface area contributed by atoms with Crippen molar-refractivity contribution in [3.8, 4) is 5.75 Å². The number of likely N-dealkylation sites (tertiary alicyclic amines) is 1. The summed E-state index contributed by atoms with van der Waals surface area (Å²) >= 11 is 0. The maximum absolute atomic E-state index is 13.3. The quantitative estimate of drug-likeness (QED) is 0.453. The SMILES string of the molecule is CCCN(CC1CCN(C(=O)N2CCOCC2)CC1)C(C)Cc1ccc(OC)c(NC(=O)c2ccc(F)cc2)c1. The van der Waals surface area contributed by atoms with Crippen LogP contribution in [0.1, 0.15) is 49.0 Å². The van der Waals surface area contributed by atoms with Gasteiger partial charge in [-0.2, -0.15) is 0 Å². The Labute approximate surface area is 237 Å². The highest BCUT2D eigenvalue weighted by molar-refractivity contribution is 6.05. The second-order valence-corrected chi connectivity index (χ2v) is 10.9. The monoisotopic (exact) mass is 554 g/mol. The second kappa shape index (κ2) is 14.5. The van der Waals surface area contributed by atoms with Crippen LogP contribution in [0.15, 0.2) is 42.5 Å². The molecule has 0 aliphatic carbocycles. The molecule has 0 bridgehead atoms. The van der Waals surface area contributed by atoms with Crippen molar-refractivity contribution in [1.82, 2.24) is 14.7 Å². The topological polar surface area (TPSA) is 74.3 Å². The Morgan fingerprint density at radius 3 is 2.40 bits per heavy atom. The molecule has 40 heavy (non-hydrogen) atoms. The third-order valence-corrected chi connectivity index (χ3v) is 7.94. The van der Waals surface area contributed by atoms with Crippen LogP contribution in [-0.4, -0.2) is 92.3 Å². The lowest BCUT2D eigenvalue weighted by Gasteiger charge is -2.39.